The molecule has 24 heavy (non-hydrogen) atoms. The van der Waals surface area contributed by atoms with Crippen molar-refractivity contribution in [1.29, 1.82) is 0 Å². The van der Waals surface area contributed by atoms with Crippen molar-refractivity contribution in [2.45, 2.75) is 6.92 Å². The van der Waals surface area contributed by atoms with Gasteiger partial charge in [-0.05, 0) is 42.8 Å². The van der Waals surface area contributed by atoms with Gasteiger partial charge in [0.1, 0.15) is 5.75 Å². The zero-order valence-corrected chi connectivity index (χ0v) is 15.3. The number of fused-ring (bicyclic) bond motifs is 1. The van der Waals surface area contributed by atoms with Gasteiger partial charge >= 0.3 is 0 Å². The van der Waals surface area contributed by atoms with E-state index in [1.54, 1.807) is 12.1 Å². The number of anilines is 1. The minimum absolute atomic E-state index is 0.0683. The average molecular weight is 405 g/mol. The van der Waals surface area contributed by atoms with Crippen LogP contribution in [0.3, 0.4) is 0 Å². The molecule has 0 spiro atoms. The van der Waals surface area contributed by atoms with Crippen molar-refractivity contribution < 1.29 is 9.53 Å². The van der Waals surface area contributed by atoms with Crippen LogP contribution in [0.25, 0.3) is 10.8 Å². The second-order valence-corrected chi connectivity index (χ2v) is 6.71. The fourth-order valence-corrected chi connectivity index (χ4v) is 3.16. The third-order valence-electron chi connectivity index (χ3n) is 3.65. The Labute approximate surface area is 153 Å². The summed E-state index contributed by atoms with van der Waals surface area (Å²) < 4.78 is 6.67. The number of ether oxygens (including phenoxy) is 1. The van der Waals surface area contributed by atoms with Gasteiger partial charge < -0.3 is 10.1 Å². The Bertz CT molecular complexity index is 911. The molecule has 0 unspecified atom stereocenters. The molecule has 0 heterocycles. The van der Waals surface area contributed by atoms with E-state index in [-0.39, 0.29) is 12.5 Å². The quantitative estimate of drug-likeness (QED) is 0.616. The molecule has 0 saturated heterocycles. The summed E-state index contributed by atoms with van der Waals surface area (Å²) >= 11 is 9.59. The van der Waals surface area contributed by atoms with E-state index < -0.39 is 0 Å². The molecule has 1 N–H and O–H groups in total. The first-order valence-electron chi connectivity index (χ1n) is 7.40. The van der Waals surface area contributed by atoms with Crippen LogP contribution in [0.5, 0.6) is 5.75 Å². The Balaban J connectivity index is 1.72. The van der Waals surface area contributed by atoms with Crippen molar-refractivity contribution in [2.24, 2.45) is 0 Å². The summed E-state index contributed by atoms with van der Waals surface area (Å²) in [6.45, 7) is 1.87. The van der Waals surface area contributed by atoms with Gasteiger partial charge in [-0.15, -0.1) is 0 Å². The predicted octanol–water partition coefficient (Wildman–Crippen LogP) is 5.58. The number of benzene rings is 3. The fraction of sp³-hybridized carbons (Fsp3) is 0.105. The Morgan fingerprint density at radius 1 is 1.12 bits per heavy atom. The molecule has 1 amide bonds. The topological polar surface area (TPSA) is 38.3 Å². The molecule has 0 aliphatic heterocycles. The van der Waals surface area contributed by atoms with Crippen LogP contribution in [-0.2, 0) is 4.79 Å². The SMILES string of the molecule is Cc1cc(Br)ccc1NC(=O)COc1ccc(Cl)c2ccccc12. The number of hydrogen-bond acceptors (Lipinski definition) is 2. The lowest BCUT2D eigenvalue weighted by Gasteiger charge is -2.12. The molecule has 0 atom stereocenters. The molecule has 3 aromatic rings. The smallest absolute Gasteiger partial charge is 0.262 e. The van der Waals surface area contributed by atoms with E-state index >= 15 is 0 Å². The molecular formula is C19H15BrClNO2. The lowest BCUT2D eigenvalue weighted by Crippen LogP contribution is -2.20. The van der Waals surface area contributed by atoms with Gasteiger partial charge in [-0.25, -0.2) is 0 Å². The minimum Gasteiger partial charge on any atom is -0.483 e. The first-order valence-corrected chi connectivity index (χ1v) is 8.58. The minimum atomic E-state index is -0.209. The van der Waals surface area contributed by atoms with Crippen LogP contribution in [0, 0.1) is 6.92 Å². The summed E-state index contributed by atoms with van der Waals surface area (Å²) in [5.74, 6) is 0.428. The largest absolute Gasteiger partial charge is 0.483 e. The first-order chi connectivity index (χ1) is 11.5. The van der Waals surface area contributed by atoms with Crippen LogP contribution < -0.4 is 10.1 Å². The Kier molecular flexibility index (Phi) is 5.07. The van der Waals surface area contributed by atoms with Crippen LogP contribution in [0.2, 0.25) is 5.02 Å². The van der Waals surface area contributed by atoms with Gasteiger partial charge in [0.15, 0.2) is 6.61 Å². The summed E-state index contributed by atoms with van der Waals surface area (Å²) in [6, 6.07) is 16.9. The number of carbonyl (C=O) groups is 1. The first kappa shape index (κ1) is 16.8. The molecule has 3 rings (SSSR count). The summed E-state index contributed by atoms with van der Waals surface area (Å²) in [7, 11) is 0. The third-order valence-corrected chi connectivity index (χ3v) is 4.48. The lowest BCUT2D eigenvalue weighted by molar-refractivity contribution is -0.118. The molecule has 122 valence electrons. The van der Waals surface area contributed by atoms with E-state index in [4.69, 9.17) is 16.3 Å². The van der Waals surface area contributed by atoms with Crippen molar-refractivity contribution in [3.05, 3.63) is 69.7 Å². The number of amides is 1. The van der Waals surface area contributed by atoms with Gasteiger partial charge in [0.2, 0.25) is 0 Å². The summed E-state index contributed by atoms with van der Waals surface area (Å²) in [5, 5.41) is 5.31. The van der Waals surface area contributed by atoms with E-state index in [0.29, 0.717) is 10.8 Å². The lowest BCUT2D eigenvalue weighted by atomic mass is 10.1. The monoisotopic (exact) mass is 403 g/mol. The van der Waals surface area contributed by atoms with E-state index in [0.717, 1.165) is 26.5 Å². The van der Waals surface area contributed by atoms with E-state index in [1.165, 1.54) is 0 Å². The third kappa shape index (κ3) is 3.71. The normalized spacial score (nSPS) is 10.6. The van der Waals surface area contributed by atoms with Gasteiger partial charge in [-0.2, -0.15) is 0 Å². The molecule has 3 nitrogen and oxygen atoms in total. The Morgan fingerprint density at radius 3 is 2.62 bits per heavy atom. The van der Waals surface area contributed by atoms with Crippen LogP contribution >= 0.6 is 27.5 Å². The highest BCUT2D eigenvalue weighted by Crippen LogP contribution is 2.31. The second-order valence-electron chi connectivity index (χ2n) is 5.39. The fourth-order valence-electron chi connectivity index (χ4n) is 2.46. The molecule has 5 heteroatoms. The zero-order chi connectivity index (χ0) is 17.1. The molecule has 0 aromatic heterocycles. The van der Waals surface area contributed by atoms with E-state index in [9.17, 15) is 4.79 Å². The highest BCUT2D eigenvalue weighted by atomic mass is 79.9. The molecule has 0 saturated carbocycles. The van der Waals surface area contributed by atoms with Crippen molar-refractivity contribution in [3.63, 3.8) is 0 Å². The van der Waals surface area contributed by atoms with Gasteiger partial charge in [0.05, 0.1) is 0 Å². The number of rotatable bonds is 4. The molecule has 0 radical (unpaired) electrons. The van der Waals surface area contributed by atoms with E-state index in [2.05, 4.69) is 21.2 Å². The number of aryl methyl sites for hydroxylation is 1. The number of halogens is 2. The van der Waals surface area contributed by atoms with Crippen molar-refractivity contribution in [1.82, 2.24) is 0 Å². The maximum absolute atomic E-state index is 12.2. The van der Waals surface area contributed by atoms with Crippen LogP contribution in [-0.4, -0.2) is 12.5 Å². The zero-order valence-electron chi connectivity index (χ0n) is 13.0. The van der Waals surface area contributed by atoms with Gasteiger partial charge in [-0.1, -0.05) is 51.8 Å². The van der Waals surface area contributed by atoms with Crippen LogP contribution in [0.1, 0.15) is 5.56 Å². The molecular weight excluding hydrogens is 390 g/mol. The highest BCUT2D eigenvalue weighted by Gasteiger charge is 2.09. The van der Waals surface area contributed by atoms with E-state index in [1.807, 2.05) is 49.4 Å². The van der Waals surface area contributed by atoms with Crippen LogP contribution in [0.15, 0.2) is 59.1 Å². The summed E-state index contributed by atoms with van der Waals surface area (Å²) in [6.07, 6.45) is 0. The predicted molar refractivity (Wildman–Crippen MR) is 102 cm³/mol. The molecule has 0 bridgehead atoms. The average Bonchev–Trinajstić information content (AvgIpc) is 2.57. The van der Waals surface area contributed by atoms with Crippen molar-refractivity contribution >= 4 is 49.9 Å². The summed E-state index contributed by atoms with van der Waals surface area (Å²) in [5.41, 5.74) is 1.75. The van der Waals surface area contributed by atoms with Crippen molar-refractivity contribution in [3.8, 4) is 5.75 Å². The van der Waals surface area contributed by atoms with Crippen LogP contribution in [0.4, 0.5) is 5.69 Å². The number of nitrogens with one attached hydrogen (secondary N) is 1. The second kappa shape index (κ2) is 7.24. The molecule has 0 aliphatic rings. The standard InChI is InChI=1S/C19H15BrClNO2/c1-12-10-13(20)6-8-17(12)22-19(23)11-24-18-9-7-16(21)14-4-2-3-5-15(14)18/h2-10H,11H2,1H3,(H,22,23). The Hall–Kier alpha value is -2.04. The summed E-state index contributed by atoms with van der Waals surface area (Å²) in [4.78, 5) is 12.2. The maximum atomic E-state index is 12.2. The van der Waals surface area contributed by atoms with Gasteiger partial charge in [-0.3, -0.25) is 4.79 Å². The maximum Gasteiger partial charge on any atom is 0.262 e. The number of hydrogen-bond donors (Lipinski definition) is 1. The molecule has 0 aliphatic carbocycles. The molecule has 0 fully saturated rings. The number of carbonyl (C=O) groups excluding carboxylic acids is 1. The van der Waals surface area contributed by atoms with Crippen molar-refractivity contribution in [2.75, 3.05) is 11.9 Å². The highest BCUT2D eigenvalue weighted by molar-refractivity contribution is 9.10. The molecule has 3 aromatic carbocycles. The van der Waals surface area contributed by atoms with Gasteiger partial charge in [0.25, 0.3) is 5.91 Å². The van der Waals surface area contributed by atoms with Gasteiger partial charge in [0, 0.05) is 26.0 Å². The Morgan fingerprint density at radius 2 is 1.88 bits per heavy atom.